The van der Waals surface area contributed by atoms with E-state index in [-0.39, 0.29) is 17.9 Å². The zero-order valence-corrected chi connectivity index (χ0v) is 14.1. The van der Waals surface area contributed by atoms with Gasteiger partial charge < -0.3 is 15.0 Å². The van der Waals surface area contributed by atoms with Crippen molar-refractivity contribution in [3.8, 4) is 0 Å². The summed E-state index contributed by atoms with van der Waals surface area (Å²) in [7, 11) is 0. The van der Waals surface area contributed by atoms with E-state index in [1.807, 2.05) is 29.2 Å². The van der Waals surface area contributed by atoms with E-state index in [2.05, 4.69) is 5.32 Å². The molecule has 0 saturated carbocycles. The third-order valence-corrected chi connectivity index (χ3v) is 4.75. The number of hydrogen-bond acceptors (Lipinski definition) is 3. The summed E-state index contributed by atoms with van der Waals surface area (Å²) in [6.45, 7) is 2.12. The fourth-order valence-electron chi connectivity index (χ4n) is 3.37. The number of piperidine rings is 1. The van der Waals surface area contributed by atoms with Crippen molar-refractivity contribution >= 4 is 17.5 Å². The molecule has 1 unspecified atom stereocenters. The minimum absolute atomic E-state index is 0.0601. The van der Waals surface area contributed by atoms with Gasteiger partial charge in [0.25, 0.3) is 0 Å². The first kappa shape index (κ1) is 17.0. The van der Waals surface area contributed by atoms with Crippen molar-refractivity contribution in [1.29, 1.82) is 0 Å². The Morgan fingerprint density at radius 3 is 3.00 bits per heavy atom. The van der Waals surface area contributed by atoms with Gasteiger partial charge in [0.1, 0.15) is 0 Å². The van der Waals surface area contributed by atoms with Crippen LogP contribution in [-0.4, -0.2) is 31.1 Å². The minimum Gasteiger partial charge on any atom is -0.378 e. The van der Waals surface area contributed by atoms with Gasteiger partial charge in [-0.2, -0.15) is 0 Å². The summed E-state index contributed by atoms with van der Waals surface area (Å²) in [6.07, 6.45) is 6.40. The van der Waals surface area contributed by atoms with E-state index >= 15 is 0 Å². The monoisotopic (exact) mass is 330 g/mol. The molecule has 2 fully saturated rings. The van der Waals surface area contributed by atoms with Crippen LogP contribution < -0.4 is 10.2 Å². The number of nitrogens with zero attached hydrogens (tertiary/aromatic N) is 1. The zero-order valence-electron chi connectivity index (χ0n) is 14.1. The molecule has 1 aromatic rings. The molecule has 24 heavy (non-hydrogen) atoms. The number of rotatable bonds is 6. The van der Waals surface area contributed by atoms with Crippen molar-refractivity contribution < 1.29 is 14.3 Å². The number of ether oxygens (including phenoxy) is 1. The lowest BCUT2D eigenvalue weighted by Crippen LogP contribution is -2.35. The summed E-state index contributed by atoms with van der Waals surface area (Å²) < 4.78 is 5.54. The molecule has 1 aromatic carbocycles. The Bertz CT molecular complexity index is 582. The van der Waals surface area contributed by atoms with E-state index in [4.69, 9.17) is 4.74 Å². The molecule has 2 heterocycles. The van der Waals surface area contributed by atoms with Crippen LogP contribution in [0.5, 0.6) is 0 Å². The van der Waals surface area contributed by atoms with Gasteiger partial charge in [0.2, 0.25) is 11.8 Å². The first-order valence-corrected chi connectivity index (χ1v) is 9.00. The lowest BCUT2D eigenvalue weighted by Gasteiger charge is -2.27. The highest BCUT2D eigenvalue weighted by Gasteiger charge is 2.20. The third-order valence-electron chi connectivity index (χ3n) is 4.75. The third kappa shape index (κ3) is 4.57. The van der Waals surface area contributed by atoms with E-state index < -0.39 is 0 Å². The van der Waals surface area contributed by atoms with Gasteiger partial charge in [-0.3, -0.25) is 9.59 Å². The maximum atomic E-state index is 12.0. The zero-order chi connectivity index (χ0) is 16.8. The van der Waals surface area contributed by atoms with E-state index in [1.54, 1.807) is 0 Å². The quantitative estimate of drug-likeness (QED) is 0.872. The number of carbonyl (C=O) groups excluding carboxylic acids is 2. The van der Waals surface area contributed by atoms with Crippen LogP contribution in [0.2, 0.25) is 0 Å². The second kappa shape index (κ2) is 8.29. The van der Waals surface area contributed by atoms with Crippen molar-refractivity contribution in [2.24, 2.45) is 0 Å². The second-order valence-electron chi connectivity index (χ2n) is 6.62. The molecule has 0 bridgehead atoms. The summed E-state index contributed by atoms with van der Waals surface area (Å²) in [6, 6.07) is 7.90. The van der Waals surface area contributed by atoms with Gasteiger partial charge >= 0.3 is 0 Å². The molecule has 2 aliphatic heterocycles. The van der Waals surface area contributed by atoms with Gasteiger partial charge in [0.15, 0.2) is 0 Å². The van der Waals surface area contributed by atoms with Crippen LogP contribution in [0, 0.1) is 0 Å². The topological polar surface area (TPSA) is 58.6 Å². The number of carbonyl (C=O) groups is 2. The highest BCUT2D eigenvalue weighted by molar-refractivity contribution is 5.94. The Balaban J connectivity index is 1.49. The lowest BCUT2D eigenvalue weighted by molar-refractivity contribution is -0.122. The maximum absolute atomic E-state index is 12.0. The molecule has 5 nitrogen and oxygen atoms in total. The number of amides is 2. The van der Waals surface area contributed by atoms with E-state index in [0.29, 0.717) is 19.4 Å². The fourth-order valence-corrected chi connectivity index (χ4v) is 3.37. The summed E-state index contributed by atoms with van der Waals surface area (Å²) in [5.74, 6) is 0.254. The van der Waals surface area contributed by atoms with Gasteiger partial charge in [-0.1, -0.05) is 12.1 Å². The van der Waals surface area contributed by atoms with Gasteiger partial charge in [-0.05, 0) is 49.8 Å². The van der Waals surface area contributed by atoms with E-state index in [1.165, 1.54) is 0 Å². The van der Waals surface area contributed by atoms with Crippen molar-refractivity contribution in [1.82, 2.24) is 5.32 Å². The fraction of sp³-hybridized carbons (Fsp3) is 0.579. The molecule has 2 aliphatic rings. The largest absolute Gasteiger partial charge is 0.378 e. The molecule has 0 aliphatic carbocycles. The molecular formula is C19H26N2O3. The normalized spacial score (nSPS) is 21.1. The average molecular weight is 330 g/mol. The second-order valence-corrected chi connectivity index (χ2v) is 6.62. The predicted molar refractivity (Wildman–Crippen MR) is 92.7 cm³/mol. The summed E-state index contributed by atoms with van der Waals surface area (Å²) >= 11 is 0. The highest BCUT2D eigenvalue weighted by atomic mass is 16.5. The average Bonchev–Trinajstić information content (AvgIpc) is 3.12. The Hall–Kier alpha value is -1.88. The van der Waals surface area contributed by atoms with Crippen LogP contribution in [0.15, 0.2) is 24.3 Å². The van der Waals surface area contributed by atoms with Gasteiger partial charge in [-0.15, -0.1) is 0 Å². The van der Waals surface area contributed by atoms with E-state index in [0.717, 1.165) is 56.5 Å². The van der Waals surface area contributed by atoms with Crippen molar-refractivity contribution in [3.63, 3.8) is 0 Å². The van der Waals surface area contributed by atoms with Crippen LogP contribution in [0.3, 0.4) is 0 Å². The first-order valence-electron chi connectivity index (χ1n) is 9.00. The minimum atomic E-state index is 0.0601. The van der Waals surface area contributed by atoms with Crippen LogP contribution in [0.4, 0.5) is 5.69 Å². The Labute approximate surface area is 143 Å². The summed E-state index contributed by atoms with van der Waals surface area (Å²) in [4.78, 5) is 25.9. The molecule has 0 radical (unpaired) electrons. The van der Waals surface area contributed by atoms with Crippen molar-refractivity contribution in [2.45, 2.75) is 57.6 Å². The van der Waals surface area contributed by atoms with Gasteiger partial charge in [0, 0.05) is 38.2 Å². The van der Waals surface area contributed by atoms with Crippen LogP contribution in [-0.2, 0) is 20.9 Å². The van der Waals surface area contributed by atoms with Crippen LogP contribution >= 0.6 is 0 Å². The molecule has 0 spiro atoms. The molecule has 130 valence electrons. The maximum Gasteiger partial charge on any atom is 0.226 e. The Kier molecular flexibility index (Phi) is 5.86. The summed E-state index contributed by atoms with van der Waals surface area (Å²) in [5, 5.41) is 2.97. The molecule has 2 amide bonds. The number of hydrogen-bond donors (Lipinski definition) is 1. The Morgan fingerprint density at radius 1 is 1.29 bits per heavy atom. The van der Waals surface area contributed by atoms with Gasteiger partial charge in [-0.25, -0.2) is 0 Å². The number of nitrogens with one attached hydrogen (secondary N) is 1. The SMILES string of the molecule is O=C(CCC1CCCO1)NCc1cccc(N2CCCCC2=O)c1. The smallest absolute Gasteiger partial charge is 0.226 e. The number of benzene rings is 1. The molecule has 0 aromatic heterocycles. The standard InChI is InChI=1S/C19H26N2O3/c22-18(10-9-17-7-4-12-24-17)20-14-15-5-3-6-16(13-15)21-11-2-1-8-19(21)23/h3,5-6,13,17H,1-2,4,7-12,14H2,(H,20,22). The molecule has 5 heteroatoms. The summed E-state index contributed by atoms with van der Waals surface area (Å²) in [5.41, 5.74) is 1.96. The molecule has 2 saturated heterocycles. The van der Waals surface area contributed by atoms with Crippen LogP contribution in [0.1, 0.15) is 50.5 Å². The molecule has 1 N–H and O–H groups in total. The molecular weight excluding hydrogens is 304 g/mol. The highest BCUT2D eigenvalue weighted by Crippen LogP contribution is 2.22. The first-order chi connectivity index (χ1) is 11.7. The number of anilines is 1. The van der Waals surface area contributed by atoms with Crippen molar-refractivity contribution in [2.75, 3.05) is 18.1 Å². The van der Waals surface area contributed by atoms with Gasteiger partial charge in [0.05, 0.1) is 6.10 Å². The molecule has 3 rings (SSSR count). The van der Waals surface area contributed by atoms with Crippen LogP contribution in [0.25, 0.3) is 0 Å². The Morgan fingerprint density at radius 2 is 2.21 bits per heavy atom. The lowest BCUT2D eigenvalue weighted by atomic mass is 10.1. The van der Waals surface area contributed by atoms with E-state index in [9.17, 15) is 9.59 Å². The van der Waals surface area contributed by atoms with Crippen molar-refractivity contribution in [3.05, 3.63) is 29.8 Å². The predicted octanol–water partition coefficient (Wildman–Crippen LogP) is 2.78. The molecule has 1 atom stereocenters.